The Kier molecular flexibility index (Phi) is 7.02. The Morgan fingerprint density at radius 3 is 2.29 bits per heavy atom. The van der Waals surface area contributed by atoms with E-state index in [0.29, 0.717) is 17.1 Å². The van der Waals surface area contributed by atoms with Gasteiger partial charge in [-0.25, -0.2) is 4.79 Å². The minimum Gasteiger partial charge on any atom is -0.493 e. The molecule has 0 unspecified atom stereocenters. The molecule has 1 aromatic rings. The second-order valence-electron chi connectivity index (χ2n) is 4.95. The number of carbonyl (C=O) groups is 1. The van der Waals surface area contributed by atoms with Crippen LogP contribution in [0.2, 0.25) is 0 Å². The minimum absolute atomic E-state index is 0.125. The summed E-state index contributed by atoms with van der Waals surface area (Å²) < 4.78 is 15.8. The van der Waals surface area contributed by atoms with E-state index in [1.165, 1.54) is 4.90 Å². The van der Waals surface area contributed by atoms with Gasteiger partial charge in [0.25, 0.3) is 0 Å². The van der Waals surface area contributed by atoms with Crippen molar-refractivity contribution in [1.82, 2.24) is 0 Å². The Hall–Kier alpha value is -1.75. The average Bonchev–Trinajstić information content (AvgIpc) is 2.51. The van der Waals surface area contributed by atoms with E-state index in [-0.39, 0.29) is 12.1 Å². The lowest BCUT2D eigenvalue weighted by Crippen LogP contribution is -3.12. The summed E-state index contributed by atoms with van der Waals surface area (Å²) in [5.41, 5.74) is 0.467. The van der Waals surface area contributed by atoms with Crippen molar-refractivity contribution in [2.75, 3.05) is 33.9 Å². The molecule has 5 nitrogen and oxygen atoms in total. The van der Waals surface area contributed by atoms with Crippen LogP contribution in [0.25, 0.3) is 0 Å². The number of hydrogen-bond donors (Lipinski definition) is 1. The second-order valence-corrected chi connectivity index (χ2v) is 4.95. The first-order valence-electron chi connectivity index (χ1n) is 7.32. The number of nitrogens with one attached hydrogen (secondary N) is 1. The monoisotopic (exact) mass is 296 g/mol. The molecule has 0 saturated carbocycles. The number of likely N-dealkylation sites (N-methyl/N-ethyl adjacent to an activating group) is 1. The van der Waals surface area contributed by atoms with E-state index in [2.05, 4.69) is 13.8 Å². The molecule has 0 amide bonds. The van der Waals surface area contributed by atoms with Crippen LogP contribution in [0.1, 0.15) is 31.1 Å². The molecule has 21 heavy (non-hydrogen) atoms. The minimum atomic E-state index is -0.338. The van der Waals surface area contributed by atoms with E-state index in [4.69, 9.17) is 14.2 Å². The Labute approximate surface area is 126 Å². The Morgan fingerprint density at radius 2 is 1.76 bits per heavy atom. The topological polar surface area (TPSA) is 49.2 Å². The van der Waals surface area contributed by atoms with Gasteiger partial charge in [-0.2, -0.15) is 0 Å². The molecule has 1 N–H and O–H groups in total. The van der Waals surface area contributed by atoms with E-state index in [0.717, 1.165) is 19.6 Å². The van der Waals surface area contributed by atoms with Gasteiger partial charge in [-0.05, 0) is 39.0 Å². The molecular weight excluding hydrogens is 270 g/mol. The third-order valence-electron chi connectivity index (χ3n) is 3.50. The maximum Gasteiger partial charge on any atom is 0.338 e. The predicted molar refractivity (Wildman–Crippen MR) is 81.3 cm³/mol. The summed E-state index contributed by atoms with van der Waals surface area (Å²) in [5.74, 6) is 0.777. The van der Waals surface area contributed by atoms with Crippen molar-refractivity contribution in [2.24, 2.45) is 0 Å². The summed E-state index contributed by atoms with van der Waals surface area (Å²) in [4.78, 5) is 13.6. The van der Waals surface area contributed by atoms with Gasteiger partial charge < -0.3 is 19.1 Å². The van der Waals surface area contributed by atoms with Crippen LogP contribution in [0, 0.1) is 0 Å². The van der Waals surface area contributed by atoms with Crippen molar-refractivity contribution in [2.45, 2.75) is 26.9 Å². The highest BCUT2D eigenvalue weighted by atomic mass is 16.5. The highest BCUT2D eigenvalue weighted by molar-refractivity contribution is 5.90. The van der Waals surface area contributed by atoms with Crippen LogP contribution in [0.5, 0.6) is 11.5 Å². The van der Waals surface area contributed by atoms with Crippen molar-refractivity contribution in [3.8, 4) is 11.5 Å². The van der Waals surface area contributed by atoms with E-state index in [1.54, 1.807) is 32.4 Å². The lowest BCUT2D eigenvalue weighted by Gasteiger charge is -2.20. The predicted octanol–water partition coefficient (Wildman–Crippen LogP) is 1.17. The summed E-state index contributed by atoms with van der Waals surface area (Å²) in [5, 5.41) is 0. The maximum absolute atomic E-state index is 12.2. The molecule has 0 bridgehead atoms. The summed E-state index contributed by atoms with van der Waals surface area (Å²) in [7, 11) is 3.10. The summed E-state index contributed by atoms with van der Waals surface area (Å²) in [6.45, 7) is 9.03. The zero-order valence-electron chi connectivity index (χ0n) is 13.6. The highest BCUT2D eigenvalue weighted by Crippen LogP contribution is 2.27. The number of methoxy groups -OCH3 is 2. The molecule has 0 heterocycles. The molecule has 1 atom stereocenters. The van der Waals surface area contributed by atoms with Gasteiger partial charge >= 0.3 is 5.97 Å². The zero-order valence-corrected chi connectivity index (χ0v) is 13.6. The van der Waals surface area contributed by atoms with Crippen LogP contribution in [0.15, 0.2) is 18.2 Å². The van der Waals surface area contributed by atoms with Gasteiger partial charge in [0, 0.05) is 0 Å². The van der Waals surface area contributed by atoms with Gasteiger partial charge in [-0.1, -0.05) is 0 Å². The highest BCUT2D eigenvalue weighted by Gasteiger charge is 2.17. The van der Waals surface area contributed by atoms with E-state index < -0.39 is 0 Å². The summed E-state index contributed by atoms with van der Waals surface area (Å²) in [6, 6.07) is 5.02. The Morgan fingerprint density at radius 1 is 1.14 bits per heavy atom. The molecule has 1 rings (SSSR count). The van der Waals surface area contributed by atoms with Crippen LogP contribution >= 0.6 is 0 Å². The number of rotatable bonds is 8. The molecule has 0 aliphatic carbocycles. The number of quaternary nitrogens is 1. The third kappa shape index (κ3) is 4.93. The molecule has 118 valence electrons. The number of carbonyl (C=O) groups excluding carboxylic acids is 1. The van der Waals surface area contributed by atoms with Crippen molar-refractivity contribution < 1.29 is 23.9 Å². The molecule has 0 saturated heterocycles. The first kappa shape index (κ1) is 17.3. The van der Waals surface area contributed by atoms with Crippen LogP contribution in [0.3, 0.4) is 0 Å². The molecule has 5 heteroatoms. The maximum atomic E-state index is 12.2. The Balaban J connectivity index is 2.71. The fraction of sp³-hybridized carbons (Fsp3) is 0.562. The summed E-state index contributed by atoms with van der Waals surface area (Å²) >= 11 is 0. The number of hydrogen-bond acceptors (Lipinski definition) is 4. The standard InChI is InChI=1S/C16H25NO4/c1-6-17(7-2)11-12(3)21-16(18)13-8-9-14(19-4)15(10-13)20-5/h8-10,12H,6-7,11H2,1-5H3/p+1/t12-/m1/s1. The van der Waals surface area contributed by atoms with E-state index in [1.807, 2.05) is 6.92 Å². The van der Waals surface area contributed by atoms with Gasteiger partial charge in [0.15, 0.2) is 11.5 Å². The lowest BCUT2D eigenvalue weighted by molar-refractivity contribution is -0.899. The summed E-state index contributed by atoms with van der Waals surface area (Å²) in [6.07, 6.45) is -0.125. The van der Waals surface area contributed by atoms with Crippen molar-refractivity contribution in [1.29, 1.82) is 0 Å². The van der Waals surface area contributed by atoms with E-state index in [9.17, 15) is 4.79 Å². The number of ether oxygens (including phenoxy) is 3. The van der Waals surface area contributed by atoms with Crippen molar-refractivity contribution >= 4 is 5.97 Å². The fourth-order valence-electron chi connectivity index (χ4n) is 2.20. The van der Waals surface area contributed by atoms with Gasteiger partial charge in [-0.3, -0.25) is 0 Å². The molecule has 1 aromatic carbocycles. The average molecular weight is 296 g/mol. The molecule has 0 radical (unpaired) electrons. The first-order chi connectivity index (χ1) is 10.0. The van der Waals surface area contributed by atoms with Gasteiger partial charge in [-0.15, -0.1) is 0 Å². The quantitative estimate of drug-likeness (QED) is 0.732. The molecule has 0 spiro atoms. The smallest absolute Gasteiger partial charge is 0.338 e. The van der Waals surface area contributed by atoms with Crippen LogP contribution in [-0.4, -0.2) is 45.9 Å². The fourth-order valence-corrected chi connectivity index (χ4v) is 2.20. The number of esters is 1. The Bertz CT molecular complexity index is 458. The molecule has 0 aliphatic heterocycles. The van der Waals surface area contributed by atoms with Gasteiger partial charge in [0.05, 0.1) is 32.9 Å². The van der Waals surface area contributed by atoms with Crippen LogP contribution in [-0.2, 0) is 4.74 Å². The number of benzene rings is 1. The third-order valence-corrected chi connectivity index (χ3v) is 3.50. The van der Waals surface area contributed by atoms with Gasteiger partial charge in [0.1, 0.15) is 12.6 Å². The first-order valence-corrected chi connectivity index (χ1v) is 7.32. The van der Waals surface area contributed by atoms with Crippen molar-refractivity contribution in [3.63, 3.8) is 0 Å². The SMILES string of the molecule is CC[NH+](CC)C[C@@H](C)OC(=O)c1ccc(OC)c(OC)c1. The lowest BCUT2D eigenvalue weighted by atomic mass is 10.2. The molecule has 0 fully saturated rings. The zero-order chi connectivity index (χ0) is 15.8. The largest absolute Gasteiger partial charge is 0.493 e. The van der Waals surface area contributed by atoms with Crippen LogP contribution < -0.4 is 14.4 Å². The van der Waals surface area contributed by atoms with Gasteiger partial charge in [0.2, 0.25) is 0 Å². The normalized spacial score (nSPS) is 12.1. The molecular formula is C16H26NO4+. The van der Waals surface area contributed by atoms with Crippen LogP contribution in [0.4, 0.5) is 0 Å². The second kappa shape index (κ2) is 8.52. The van der Waals surface area contributed by atoms with Crippen molar-refractivity contribution in [3.05, 3.63) is 23.8 Å². The van der Waals surface area contributed by atoms with E-state index >= 15 is 0 Å². The molecule has 0 aromatic heterocycles. The molecule has 0 aliphatic rings.